The van der Waals surface area contributed by atoms with Crippen LogP contribution >= 0.6 is 0 Å². The Hall–Kier alpha value is -1.24. The van der Waals surface area contributed by atoms with E-state index in [1.165, 1.54) is 36.2 Å². The molecule has 1 heterocycles. The Balaban J connectivity index is 2.11. The van der Waals surface area contributed by atoms with Gasteiger partial charge in [-0.25, -0.2) is 0 Å². The lowest BCUT2D eigenvalue weighted by molar-refractivity contribution is 0.686. The molecule has 0 fully saturated rings. The second-order valence-corrected chi connectivity index (χ2v) is 4.43. The van der Waals surface area contributed by atoms with E-state index in [1.54, 1.807) is 0 Å². The fourth-order valence-electron chi connectivity index (χ4n) is 2.17. The third kappa shape index (κ3) is 2.41. The van der Waals surface area contributed by atoms with E-state index in [0.29, 0.717) is 0 Å². The van der Waals surface area contributed by atoms with Crippen molar-refractivity contribution in [2.24, 2.45) is 0 Å². The Morgan fingerprint density at radius 1 is 1.40 bits per heavy atom. The summed E-state index contributed by atoms with van der Waals surface area (Å²) in [5.74, 6) is 0. The Morgan fingerprint density at radius 2 is 2.20 bits per heavy atom. The van der Waals surface area contributed by atoms with Gasteiger partial charge in [-0.2, -0.15) is 0 Å². The summed E-state index contributed by atoms with van der Waals surface area (Å²) < 4.78 is 0. The molecule has 0 unspecified atom stereocenters. The third-order valence-corrected chi connectivity index (χ3v) is 3.01. The smallest absolute Gasteiger partial charge is 0.0398 e. The zero-order valence-corrected chi connectivity index (χ0v) is 9.50. The zero-order chi connectivity index (χ0) is 10.7. The molecule has 2 rings (SSSR count). The molecule has 0 saturated carbocycles. The van der Waals surface area contributed by atoms with Gasteiger partial charge in [-0.1, -0.05) is 23.8 Å². The maximum Gasteiger partial charge on any atom is 0.0398 e. The van der Waals surface area contributed by atoms with Crippen molar-refractivity contribution < 1.29 is 0 Å². The van der Waals surface area contributed by atoms with E-state index in [2.05, 4.69) is 42.7 Å². The maximum absolute atomic E-state index is 3.97. The molecule has 80 valence electrons. The van der Waals surface area contributed by atoms with Crippen LogP contribution in [0.1, 0.15) is 25.3 Å². The highest BCUT2D eigenvalue weighted by atomic mass is 15.1. The van der Waals surface area contributed by atoms with Gasteiger partial charge >= 0.3 is 0 Å². The standard InChI is InChI=1S/C14H19N/c1-12(2)9-11-15-10-5-7-13-6-3-4-8-14(13)15/h3-4,6,8H,1,5,7,9-11H2,2H3. The van der Waals surface area contributed by atoms with Gasteiger partial charge in [0.15, 0.2) is 0 Å². The van der Waals surface area contributed by atoms with Crippen molar-refractivity contribution in [1.82, 2.24) is 0 Å². The molecular weight excluding hydrogens is 182 g/mol. The summed E-state index contributed by atoms with van der Waals surface area (Å²) in [4.78, 5) is 2.49. The number of fused-ring (bicyclic) bond motifs is 1. The van der Waals surface area contributed by atoms with Crippen molar-refractivity contribution in [1.29, 1.82) is 0 Å². The monoisotopic (exact) mass is 201 g/mol. The highest BCUT2D eigenvalue weighted by Crippen LogP contribution is 2.26. The molecule has 1 aromatic rings. The summed E-state index contributed by atoms with van der Waals surface area (Å²) in [7, 11) is 0. The Bertz CT molecular complexity index is 354. The molecule has 0 aromatic heterocycles. The van der Waals surface area contributed by atoms with Crippen LogP contribution in [0.4, 0.5) is 5.69 Å². The third-order valence-electron chi connectivity index (χ3n) is 3.01. The molecule has 0 radical (unpaired) electrons. The normalized spacial score (nSPS) is 14.9. The van der Waals surface area contributed by atoms with Crippen LogP contribution < -0.4 is 4.90 Å². The van der Waals surface area contributed by atoms with E-state index in [-0.39, 0.29) is 0 Å². The first-order valence-electron chi connectivity index (χ1n) is 5.74. The first-order valence-corrected chi connectivity index (χ1v) is 5.74. The lowest BCUT2D eigenvalue weighted by Crippen LogP contribution is -2.30. The average molecular weight is 201 g/mol. The Morgan fingerprint density at radius 3 is 3.00 bits per heavy atom. The second-order valence-electron chi connectivity index (χ2n) is 4.43. The van der Waals surface area contributed by atoms with Crippen LogP contribution in [0.3, 0.4) is 0 Å². The zero-order valence-electron chi connectivity index (χ0n) is 9.50. The minimum atomic E-state index is 1.11. The molecule has 1 aliphatic rings. The highest BCUT2D eigenvalue weighted by molar-refractivity contribution is 5.55. The van der Waals surface area contributed by atoms with Crippen molar-refractivity contribution in [2.75, 3.05) is 18.0 Å². The minimum absolute atomic E-state index is 1.11. The summed E-state index contributed by atoms with van der Waals surface area (Å²) in [6.07, 6.45) is 3.63. The maximum atomic E-state index is 3.97. The summed E-state index contributed by atoms with van der Waals surface area (Å²) >= 11 is 0. The average Bonchev–Trinajstić information content (AvgIpc) is 2.26. The fraction of sp³-hybridized carbons (Fsp3) is 0.429. The van der Waals surface area contributed by atoms with E-state index >= 15 is 0 Å². The number of aryl methyl sites for hydroxylation is 1. The molecule has 0 aliphatic carbocycles. The molecular formula is C14H19N. The van der Waals surface area contributed by atoms with E-state index in [4.69, 9.17) is 0 Å². The lowest BCUT2D eigenvalue weighted by Gasteiger charge is -2.31. The second kappa shape index (κ2) is 4.52. The van der Waals surface area contributed by atoms with E-state index in [9.17, 15) is 0 Å². The molecule has 0 saturated heterocycles. The minimum Gasteiger partial charge on any atom is -0.371 e. The number of nitrogens with zero attached hydrogens (tertiary/aromatic N) is 1. The van der Waals surface area contributed by atoms with Gasteiger partial charge in [0, 0.05) is 18.8 Å². The number of benzene rings is 1. The number of rotatable bonds is 3. The van der Waals surface area contributed by atoms with Crippen LogP contribution in [0.5, 0.6) is 0 Å². The molecule has 1 aliphatic heterocycles. The number of hydrogen-bond donors (Lipinski definition) is 0. The van der Waals surface area contributed by atoms with Crippen LogP contribution in [0.15, 0.2) is 36.4 Å². The van der Waals surface area contributed by atoms with Crippen LogP contribution in [-0.4, -0.2) is 13.1 Å². The molecule has 0 spiro atoms. The molecule has 0 amide bonds. The van der Waals surface area contributed by atoms with E-state index in [0.717, 1.165) is 13.0 Å². The predicted octanol–water partition coefficient (Wildman–Crippen LogP) is 3.41. The largest absolute Gasteiger partial charge is 0.371 e. The van der Waals surface area contributed by atoms with Crippen molar-refractivity contribution in [3.63, 3.8) is 0 Å². The topological polar surface area (TPSA) is 3.24 Å². The van der Waals surface area contributed by atoms with Crippen molar-refractivity contribution in [3.8, 4) is 0 Å². The van der Waals surface area contributed by atoms with Crippen LogP contribution in [0.25, 0.3) is 0 Å². The quantitative estimate of drug-likeness (QED) is 0.677. The molecule has 1 heteroatoms. The molecule has 0 bridgehead atoms. The SMILES string of the molecule is C=C(C)CCN1CCCc2ccccc21. The molecule has 1 nitrogen and oxygen atoms in total. The summed E-state index contributed by atoms with van der Waals surface area (Å²) in [5, 5.41) is 0. The van der Waals surface area contributed by atoms with Crippen LogP contribution in [0.2, 0.25) is 0 Å². The molecule has 15 heavy (non-hydrogen) atoms. The van der Waals surface area contributed by atoms with Crippen molar-refractivity contribution >= 4 is 5.69 Å². The Labute approximate surface area is 92.4 Å². The van der Waals surface area contributed by atoms with Gasteiger partial charge in [0.2, 0.25) is 0 Å². The number of hydrogen-bond acceptors (Lipinski definition) is 1. The van der Waals surface area contributed by atoms with E-state index in [1.807, 2.05) is 0 Å². The summed E-state index contributed by atoms with van der Waals surface area (Å²) in [6.45, 7) is 8.39. The molecule has 0 N–H and O–H groups in total. The van der Waals surface area contributed by atoms with Crippen LogP contribution in [0, 0.1) is 0 Å². The first kappa shape index (κ1) is 10.3. The van der Waals surface area contributed by atoms with Gasteiger partial charge in [-0.3, -0.25) is 0 Å². The summed E-state index contributed by atoms with van der Waals surface area (Å²) in [6, 6.07) is 8.77. The van der Waals surface area contributed by atoms with Crippen LogP contribution in [-0.2, 0) is 6.42 Å². The van der Waals surface area contributed by atoms with Gasteiger partial charge in [0.05, 0.1) is 0 Å². The first-order chi connectivity index (χ1) is 7.27. The number of para-hydroxylation sites is 1. The highest BCUT2D eigenvalue weighted by Gasteiger charge is 2.15. The van der Waals surface area contributed by atoms with Crippen molar-refractivity contribution in [2.45, 2.75) is 26.2 Å². The summed E-state index contributed by atoms with van der Waals surface area (Å²) in [5.41, 5.74) is 4.22. The molecule has 0 atom stereocenters. The Kier molecular flexibility index (Phi) is 3.10. The lowest BCUT2D eigenvalue weighted by atomic mass is 10.0. The van der Waals surface area contributed by atoms with Gasteiger partial charge in [0.1, 0.15) is 0 Å². The van der Waals surface area contributed by atoms with Crippen molar-refractivity contribution in [3.05, 3.63) is 42.0 Å². The predicted molar refractivity (Wildman–Crippen MR) is 66.4 cm³/mol. The molecule has 1 aromatic carbocycles. The number of anilines is 1. The van der Waals surface area contributed by atoms with Gasteiger partial charge in [-0.15, -0.1) is 6.58 Å². The van der Waals surface area contributed by atoms with Gasteiger partial charge in [-0.05, 0) is 37.8 Å². The fourth-order valence-corrected chi connectivity index (χ4v) is 2.17. The van der Waals surface area contributed by atoms with E-state index < -0.39 is 0 Å². The van der Waals surface area contributed by atoms with Gasteiger partial charge in [0.25, 0.3) is 0 Å². The van der Waals surface area contributed by atoms with Gasteiger partial charge < -0.3 is 4.90 Å².